The van der Waals surface area contributed by atoms with E-state index in [-0.39, 0.29) is 11.7 Å². The Morgan fingerprint density at radius 3 is 2.84 bits per heavy atom. The number of carbonyl (C=O) groups is 1. The van der Waals surface area contributed by atoms with Gasteiger partial charge in [0.2, 0.25) is 11.1 Å². The molecule has 2 heterocycles. The first-order valence-electron chi connectivity index (χ1n) is 7.48. The molecular formula is C17H12ClN5OS. The zero-order valence-corrected chi connectivity index (χ0v) is 14.5. The summed E-state index contributed by atoms with van der Waals surface area (Å²) in [6, 6.07) is 14.8. The molecule has 0 aliphatic rings. The Morgan fingerprint density at radius 2 is 1.96 bits per heavy atom. The Morgan fingerprint density at radius 1 is 1.16 bits per heavy atom. The predicted octanol–water partition coefficient (Wildman–Crippen LogP) is 3.66. The summed E-state index contributed by atoms with van der Waals surface area (Å²) in [5, 5.41) is 9.08. The van der Waals surface area contributed by atoms with Crippen LogP contribution in [0.1, 0.15) is 0 Å². The average molecular weight is 370 g/mol. The zero-order valence-electron chi connectivity index (χ0n) is 12.9. The number of fused-ring (bicyclic) bond motifs is 3. The highest BCUT2D eigenvalue weighted by Crippen LogP contribution is 2.22. The second kappa shape index (κ2) is 6.70. The molecule has 8 heteroatoms. The van der Waals surface area contributed by atoms with Crippen LogP contribution in [0.2, 0.25) is 5.02 Å². The van der Waals surface area contributed by atoms with E-state index in [2.05, 4.69) is 20.4 Å². The first-order valence-corrected chi connectivity index (χ1v) is 8.84. The van der Waals surface area contributed by atoms with Gasteiger partial charge in [0.15, 0.2) is 5.65 Å². The van der Waals surface area contributed by atoms with E-state index in [1.807, 2.05) is 36.4 Å². The molecule has 0 fully saturated rings. The highest BCUT2D eigenvalue weighted by Gasteiger charge is 2.11. The van der Waals surface area contributed by atoms with Crippen molar-refractivity contribution in [2.75, 3.05) is 11.1 Å². The molecule has 4 aromatic rings. The summed E-state index contributed by atoms with van der Waals surface area (Å²) in [4.78, 5) is 20.9. The van der Waals surface area contributed by atoms with Crippen LogP contribution in [-0.2, 0) is 4.79 Å². The number of amides is 1. The smallest absolute Gasteiger partial charge is 0.234 e. The third-order valence-corrected chi connectivity index (χ3v) is 4.71. The van der Waals surface area contributed by atoms with Crippen molar-refractivity contribution in [1.29, 1.82) is 0 Å². The van der Waals surface area contributed by atoms with Crippen LogP contribution in [0.25, 0.3) is 16.6 Å². The predicted molar refractivity (Wildman–Crippen MR) is 99.1 cm³/mol. The topological polar surface area (TPSA) is 72.2 Å². The molecule has 25 heavy (non-hydrogen) atoms. The fraction of sp³-hybridized carbons (Fsp3) is 0.0588. The van der Waals surface area contributed by atoms with Crippen LogP contribution in [0, 0.1) is 0 Å². The number of anilines is 1. The van der Waals surface area contributed by atoms with Crippen LogP contribution in [0.4, 0.5) is 5.69 Å². The highest BCUT2D eigenvalue weighted by molar-refractivity contribution is 7.99. The van der Waals surface area contributed by atoms with E-state index in [1.54, 1.807) is 23.0 Å². The lowest BCUT2D eigenvalue weighted by atomic mass is 10.2. The zero-order chi connectivity index (χ0) is 17.2. The minimum absolute atomic E-state index is 0.167. The lowest BCUT2D eigenvalue weighted by Gasteiger charge is -2.05. The summed E-state index contributed by atoms with van der Waals surface area (Å²) >= 11 is 7.30. The molecule has 0 atom stereocenters. The van der Waals surface area contributed by atoms with Gasteiger partial charge in [-0.3, -0.25) is 4.79 Å². The highest BCUT2D eigenvalue weighted by atomic mass is 35.5. The Kier molecular flexibility index (Phi) is 4.25. The molecule has 1 N–H and O–H groups in total. The van der Waals surface area contributed by atoms with Gasteiger partial charge in [-0.15, -0.1) is 5.10 Å². The molecule has 0 saturated heterocycles. The molecule has 0 bridgehead atoms. The largest absolute Gasteiger partial charge is 0.324 e. The number of hydrogen-bond donors (Lipinski definition) is 1. The van der Waals surface area contributed by atoms with E-state index in [9.17, 15) is 4.79 Å². The Labute approximate surface area is 152 Å². The fourth-order valence-electron chi connectivity index (χ4n) is 2.40. The van der Waals surface area contributed by atoms with Gasteiger partial charge in [-0.25, -0.2) is 14.5 Å². The summed E-state index contributed by atoms with van der Waals surface area (Å²) < 4.78 is 1.62. The Hall–Kier alpha value is -2.64. The summed E-state index contributed by atoms with van der Waals surface area (Å²) in [6.07, 6.45) is 1.62. The number of nitrogens with zero attached hydrogens (tertiary/aromatic N) is 4. The molecule has 2 aromatic heterocycles. The summed E-state index contributed by atoms with van der Waals surface area (Å²) in [5.41, 5.74) is 2.17. The lowest BCUT2D eigenvalue weighted by molar-refractivity contribution is -0.113. The van der Waals surface area contributed by atoms with Gasteiger partial charge in [0.25, 0.3) is 0 Å². The number of benzene rings is 2. The molecule has 0 radical (unpaired) electrons. The Bertz CT molecular complexity index is 1080. The van der Waals surface area contributed by atoms with Crippen LogP contribution in [0.3, 0.4) is 0 Å². The quantitative estimate of drug-likeness (QED) is 0.556. The number of nitrogens with one attached hydrogen (secondary N) is 1. The third-order valence-electron chi connectivity index (χ3n) is 3.54. The van der Waals surface area contributed by atoms with Crippen molar-refractivity contribution in [2.45, 2.75) is 5.16 Å². The maximum Gasteiger partial charge on any atom is 0.234 e. The van der Waals surface area contributed by atoms with Crippen molar-refractivity contribution in [1.82, 2.24) is 19.6 Å². The maximum absolute atomic E-state index is 12.1. The summed E-state index contributed by atoms with van der Waals surface area (Å²) in [7, 11) is 0. The number of hydrogen-bond acceptors (Lipinski definition) is 5. The third kappa shape index (κ3) is 3.29. The standard InChI is InChI=1S/C17H12ClN5OS/c18-12-6-2-4-8-14(12)20-15(24)9-25-17-21-16-11-5-1-3-7-13(11)19-10-23(16)22-17/h1-8,10H,9H2,(H,20,24). The van der Waals surface area contributed by atoms with Crippen molar-refractivity contribution in [3.8, 4) is 0 Å². The van der Waals surface area contributed by atoms with Gasteiger partial charge in [0.1, 0.15) is 6.33 Å². The van der Waals surface area contributed by atoms with Gasteiger partial charge >= 0.3 is 0 Å². The van der Waals surface area contributed by atoms with Gasteiger partial charge in [-0.2, -0.15) is 0 Å². The van der Waals surface area contributed by atoms with E-state index in [0.29, 0.717) is 15.9 Å². The molecule has 1 amide bonds. The van der Waals surface area contributed by atoms with Crippen LogP contribution in [-0.4, -0.2) is 31.2 Å². The minimum atomic E-state index is -0.167. The van der Waals surface area contributed by atoms with Crippen LogP contribution >= 0.6 is 23.4 Å². The van der Waals surface area contributed by atoms with Crippen LogP contribution in [0.5, 0.6) is 0 Å². The lowest BCUT2D eigenvalue weighted by Crippen LogP contribution is -2.14. The first-order chi connectivity index (χ1) is 12.2. The van der Waals surface area contributed by atoms with E-state index < -0.39 is 0 Å². The van der Waals surface area contributed by atoms with Crippen LogP contribution in [0.15, 0.2) is 60.0 Å². The second-order valence-electron chi connectivity index (χ2n) is 5.24. The SMILES string of the molecule is O=C(CSc1nc2c3ccccc3ncn2n1)Nc1ccccc1Cl. The summed E-state index contributed by atoms with van der Waals surface area (Å²) in [5.74, 6) is 0.0212. The molecule has 4 rings (SSSR count). The first kappa shape index (κ1) is 15.9. The van der Waals surface area contributed by atoms with Gasteiger partial charge in [0, 0.05) is 5.39 Å². The molecule has 0 saturated carbocycles. The van der Waals surface area contributed by atoms with Crippen molar-refractivity contribution in [3.05, 3.63) is 59.9 Å². The average Bonchev–Trinajstić information content (AvgIpc) is 3.06. The summed E-state index contributed by atoms with van der Waals surface area (Å²) in [6.45, 7) is 0. The van der Waals surface area contributed by atoms with E-state index >= 15 is 0 Å². The van der Waals surface area contributed by atoms with Crippen molar-refractivity contribution in [2.24, 2.45) is 0 Å². The molecular weight excluding hydrogens is 358 g/mol. The minimum Gasteiger partial charge on any atom is -0.324 e. The monoisotopic (exact) mass is 369 g/mol. The molecule has 0 spiro atoms. The van der Waals surface area contributed by atoms with Gasteiger partial charge < -0.3 is 5.32 Å². The molecule has 0 unspecified atom stereocenters. The van der Waals surface area contributed by atoms with Crippen molar-refractivity contribution >= 4 is 51.5 Å². The maximum atomic E-state index is 12.1. The molecule has 2 aromatic carbocycles. The van der Waals surface area contributed by atoms with Gasteiger partial charge in [0.05, 0.1) is 22.0 Å². The van der Waals surface area contributed by atoms with Crippen molar-refractivity contribution < 1.29 is 4.79 Å². The number of thioether (sulfide) groups is 1. The number of rotatable bonds is 4. The second-order valence-corrected chi connectivity index (χ2v) is 6.59. The van der Waals surface area contributed by atoms with Crippen LogP contribution < -0.4 is 5.32 Å². The molecule has 0 aliphatic heterocycles. The molecule has 0 aliphatic carbocycles. The molecule has 124 valence electrons. The van der Waals surface area contributed by atoms with E-state index in [0.717, 1.165) is 16.6 Å². The van der Waals surface area contributed by atoms with E-state index in [4.69, 9.17) is 11.6 Å². The van der Waals surface area contributed by atoms with Gasteiger partial charge in [-0.1, -0.05) is 47.6 Å². The van der Waals surface area contributed by atoms with E-state index in [1.165, 1.54) is 11.8 Å². The fourth-order valence-corrected chi connectivity index (χ4v) is 3.21. The number of aromatic nitrogens is 4. The number of para-hydroxylation sites is 2. The Balaban J connectivity index is 1.50. The van der Waals surface area contributed by atoms with Gasteiger partial charge in [-0.05, 0) is 24.3 Å². The normalized spacial score (nSPS) is 11.1. The number of halogens is 1. The van der Waals surface area contributed by atoms with Crippen molar-refractivity contribution in [3.63, 3.8) is 0 Å². The number of carbonyl (C=O) groups excluding carboxylic acids is 1. The molecule has 6 nitrogen and oxygen atoms in total.